The van der Waals surface area contributed by atoms with Crippen molar-refractivity contribution in [3.05, 3.63) is 23.8 Å². The van der Waals surface area contributed by atoms with Crippen molar-refractivity contribution >= 4 is 6.09 Å². The van der Waals surface area contributed by atoms with Crippen LogP contribution in [-0.2, 0) is 4.74 Å². The molecule has 0 unspecified atom stereocenters. The van der Waals surface area contributed by atoms with E-state index in [-0.39, 0.29) is 11.5 Å². The van der Waals surface area contributed by atoms with Gasteiger partial charge >= 0.3 is 6.09 Å². The normalized spacial score (nSPS) is 21.3. The monoisotopic (exact) mass is 265 g/mol. The minimum atomic E-state index is -0.408. The Balaban J connectivity index is 2.45. The quantitative estimate of drug-likeness (QED) is 0.912. The van der Waals surface area contributed by atoms with E-state index in [1.807, 2.05) is 32.0 Å². The summed E-state index contributed by atoms with van der Waals surface area (Å²) in [7, 11) is 3.22. The summed E-state index contributed by atoms with van der Waals surface area (Å²) in [6.45, 7) is 4.44. The van der Waals surface area contributed by atoms with Gasteiger partial charge in [-0.2, -0.15) is 0 Å². The van der Waals surface area contributed by atoms with Crippen LogP contribution in [0.1, 0.15) is 25.5 Å². The van der Waals surface area contributed by atoms with E-state index in [2.05, 4.69) is 5.32 Å². The topological polar surface area (TPSA) is 56.8 Å². The third kappa shape index (κ3) is 2.59. The van der Waals surface area contributed by atoms with Crippen LogP contribution >= 0.6 is 0 Å². The lowest BCUT2D eigenvalue weighted by Crippen LogP contribution is -2.47. The zero-order valence-corrected chi connectivity index (χ0v) is 11.6. The standard InChI is InChI=1S/C14H19NO4/c1-14(2)8-19-13(16)15-12(14)10-7-9(17-3)5-6-11(10)18-4/h5-7,12H,8H2,1-4H3,(H,15,16)/t12-/m0/s1. The minimum absolute atomic E-state index is 0.182. The summed E-state index contributed by atoms with van der Waals surface area (Å²) in [6.07, 6.45) is -0.408. The molecule has 0 saturated carbocycles. The lowest BCUT2D eigenvalue weighted by Gasteiger charge is -2.39. The Morgan fingerprint density at radius 3 is 2.68 bits per heavy atom. The molecule has 1 heterocycles. The number of benzene rings is 1. The van der Waals surface area contributed by atoms with Crippen molar-refractivity contribution in [2.24, 2.45) is 5.41 Å². The first-order valence-electron chi connectivity index (χ1n) is 6.13. The zero-order valence-electron chi connectivity index (χ0n) is 11.6. The van der Waals surface area contributed by atoms with Crippen LogP contribution in [0.2, 0.25) is 0 Å². The predicted octanol–water partition coefficient (Wildman–Crippen LogP) is 2.51. The average molecular weight is 265 g/mol. The number of carbonyl (C=O) groups is 1. The van der Waals surface area contributed by atoms with Crippen molar-refractivity contribution < 1.29 is 19.0 Å². The number of carbonyl (C=O) groups excluding carboxylic acids is 1. The molecule has 1 saturated heterocycles. The summed E-state index contributed by atoms with van der Waals surface area (Å²) in [4.78, 5) is 11.5. The Kier molecular flexibility index (Phi) is 3.55. The molecule has 5 nitrogen and oxygen atoms in total. The number of nitrogens with one attached hydrogen (secondary N) is 1. The van der Waals surface area contributed by atoms with Gasteiger partial charge < -0.3 is 19.5 Å². The van der Waals surface area contributed by atoms with Crippen LogP contribution in [-0.4, -0.2) is 26.9 Å². The smallest absolute Gasteiger partial charge is 0.407 e. The Bertz CT molecular complexity index is 484. The molecule has 1 aromatic carbocycles. The molecular formula is C14H19NO4. The van der Waals surface area contributed by atoms with E-state index >= 15 is 0 Å². The molecule has 1 aliphatic heterocycles. The fourth-order valence-electron chi connectivity index (χ4n) is 2.25. The number of rotatable bonds is 3. The van der Waals surface area contributed by atoms with Crippen LogP contribution in [0.4, 0.5) is 4.79 Å². The Labute approximate surface area is 112 Å². The molecule has 0 radical (unpaired) electrons. The maximum absolute atomic E-state index is 11.5. The summed E-state index contributed by atoms with van der Waals surface area (Å²) in [5.74, 6) is 1.45. The van der Waals surface area contributed by atoms with Gasteiger partial charge in [-0.15, -0.1) is 0 Å². The molecule has 1 aliphatic rings. The Morgan fingerprint density at radius 1 is 1.32 bits per heavy atom. The third-order valence-electron chi connectivity index (χ3n) is 3.37. The van der Waals surface area contributed by atoms with Gasteiger partial charge in [-0.1, -0.05) is 13.8 Å². The largest absolute Gasteiger partial charge is 0.497 e. The second-order valence-corrected chi connectivity index (χ2v) is 5.25. The summed E-state index contributed by atoms with van der Waals surface area (Å²) >= 11 is 0. The number of hydrogen-bond donors (Lipinski definition) is 1. The SMILES string of the molecule is COc1ccc(OC)c([C@@H]2NC(=O)OCC2(C)C)c1. The van der Waals surface area contributed by atoms with Crippen molar-refractivity contribution in [2.45, 2.75) is 19.9 Å². The van der Waals surface area contributed by atoms with Crippen LogP contribution in [0.25, 0.3) is 0 Å². The highest BCUT2D eigenvalue weighted by Crippen LogP contribution is 2.41. The van der Waals surface area contributed by atoms with Gasteiger partial charge in [0.1, 0.15) is 18.1 Å². The Hall–Kier alpha value is -1.91. The van der Waals surface area contributed by atoms with E-state index in [1.54, 1.807) is 14.2 Å². The van der Waals surface area contributed by atoms with Gasteiger partial charge in [0.05, 0.1) is 20.3 Å². The van der Waals surface area contributed by atoms with Crippen molar-refractivity contribution in [3.63, 3.8) is 0 Å². The summed E-state index contributed by atoms with van der Waals surface area (Å²) in [5, 5.41) is 2.85. The molecule has 1 aromatic rings. The summed E-state index contributed by atoms with van der Waals surface area (Å²) < 4.78 is 15.7. The Morgan fingerprint density at radius 2 is 2.05 bits per heavy atom. The number of methoxy groups -OCH3 is 2. The average Bonchev–Trinajstić information content (AvgIpc) is 2.41. The highest BCUT2D eigenvalue weighted by Gasteiger charge is 2.39. The van der Waals surface area contributed by atoms with Crippen LogP contribution in [0.5, 0.6) is 11.5 Å². The van der Waals surface area contributed by atoms with E-state index in [4.69, 9.17) is 14.2 Å². The van der Waals surface area contributed by atoms with E-state index in [1.165, 1.54) is 0 Å². The summed E-state index contributed by atoms with van der Waals surface area (Å²) in [6, 6.07) is 5.37. The molecule has 0 bridgehead atoms. The lowest BCUT2D eigenvalue weighted by molar-refractivity contribution is 0.0380. The minimum Gasteiger partial charge on any atom is -0.497 e. The van der Waals surface area contributed by atoms with Gasteiger partial charge in [-0.05, 0) is 18.2 Å². The van der Waals surface area contributed by atoms with Crippen LogP contribution < -0.4 is 14.8 Å². The number of ether oxygens (including phenoxy) is 3. The summed E-state index contributed by atoms with van der Waals surface area (Å²) in [5.41, 5.74) is 0.664. The second kappa shape index (κ2) is 4.99. The number of cyclic esters (lactones) is 1. The van der Waals surface area contributed by atoms with E-state index in [0.29, 0.717) is 6.61 Å². The molecule has 1 amide bonds. The zero-order chi connectivity index (χ0) is 14.0. The molecule has 19 heavy (non-hydrogen) atoms. The fourth-order valence-corrected chi connectivity index (χ4v) is 2.25. The van der Waals surface area contributed by atoms with Crippen LogP contribution in [0.3, 0.4) is 0 Å². The molecule has 1 N–H and O–H groups in total. The maximum atomic E-state index is 11.5. The molecule has 5 heteroatoms. The number of amides is 1. The maximum Gasteiger partial charge on any atom is 0.407 e. The van der Waals surface area contributed by atoms with Crippen LogP contribution in [0.15, 0.2) is 18.2 Å². The van der Waals surface area contributed by atoms with Crippen molar-refractivity contribution in [3.8, 4) is 11.5 Å². The first-order chi connectivity index (χ1) is 8.97. The molecule has 1 fully saturated rings. The molecule has 2 rings (SSSR count). The van der Waals surface area contributed by atoms with Crippen LogP contribution in [0, 0.1) is 5.41 Å². The molecule has 0 aromatic heterocycles. The molecule has 1 atom stereocenters. The number of alkyl carbamates (subject to hydrolysis) is 1. The van der Waals surface area contributed by atoms with Gasteiger partial charge in [0.15, 0.2) is 0 Å². The van der Waals surface area contributed by atoms with Gasteiger partial charge in [-0.25, -0.2) is 4.79 Å². The molecule has 0 spiro atoms. The third-order valence-corrected chi connectivity index (χ3v) is 3.37. The van der Waals surface area contributed by atoms with Crippen molar-refractivity contribution in [2.75, 3.05) is 20.8 Å². The first kappa shape index (κ1) is 13.5. The van der Waals surface area contributed by atoms with E-state index < -0.39 is 6.09 Å². The molecule has 104 valence electrons. The van der Waals surface area contributed by atoms with Gasteiger partial charge in [0.2, 0.25) is 0 Å². The van der Waals surface area contributed by atoms with E-state index in [0.717, 1.165) is 17.1 Å². The predicted molar refractivity (Wildman–Crippen MR) is 70.6 cm³/mol. The van der Waals surface area contributed by atoms with Gasteiger partial charge in [-0.3, -0.25) is 0 Å². The fraction of sp³-hybridized carbons (Fsp3) is 0.500. The number of hydrogen-bond acceptors (Lipinski definition) is 4. The van der Waals surface area contributed by atoms with Gasteiger partial charge in [0.25, 0.3) is 0 Å². The first-order valence-corrected chi connectivity index (χ1v) is 6.13. The van der Waals surface area contributed by atoms with E-state index in [9.17, 15) is 4.79 Å². The highest BCUT2D eigenvalue weighted by molar-refractivity contribution is 5.69. The lowest BCUT2D eigenvalue weighted by atomic mass is 9.80. The van der Waals surface area contributed by atoms with Crippen molar-refractivity contribution in [1.82, 2.24) is 5.32 Å². The molecular weight excluding hydrogens is 246 g/mol. The van der Waals surface area contributed by atoms with Gasteiger partial charge in [0, 0.05) is 11.0 Å². The van der Waals surface area contributed by atoms with Crippen molar-refractivity contribution in [1.29, 1.82) is 0 Å². The molecule has 0 aliphatic carbocycles. The highest BCUT2D eigenvalue weighted by atomic mass is 16.6. The second-order valence-electron chi connectivity index (χ2n) is 5.25.